The van der Waals surface area contributed by atoms with Gasteiger partial charge in [0.1, 0.15) is 11.6 Å². The third-order valence-corrected chi connectivity index (χ3v) is 4.08. The molecule has 0 aliphatic rings. The Balaban J connectivity index is 2.16. The molecule has 134 valence electrons. The second-order valence-electron chi connectivity index (χ2n) is 5.83. The maximum absolute atomic E-state index is 11.5. The fraction of sp³-hybridized carbons (Fsp3) is 0.333. The lowest BCUT2D eigenvalue weighted by molar-refractivity contribution is 0.168. The summed E-state index contributed by atoms with van der Waals surface area (Å²) < 4.78 is 4.82. The number of rotatable bonds is 5. The average Bonchev–Trinajstić information content (AvgIpc) is 2.50. The van der Waals surface area contributed by atoms with Crippen molar-refractivity contribution in [1.29, 1.82) is 0 Å². The highest BCUT2D eigenvalue weighted by atomic mass is 35.5. The van der Waals surface area contributed by atoms with Crippen LogP contribution in [0.4, 0.5) is 22.1 Å². The Kier molecular flexibility index (Phi) is 6.09. The maximum atomic E-state index is 11.5. The van der Waals surface area contributed by atoms with Gasteiger partial charge in [0.05, 0.1) is 17.3 Å². The SMILES string of the molecule is CCOC(=O)Nc1cc(Cl)c(NCc2c(C)cc(C)cc2C)nc1N. The number of carbonyl (C=O) groups excluding carboxylic acids is 1. The molecule has 0 unspecified atom stereocenters. The molecule has 0 bridgehead atoms. The molecule has 1 aromatic heterocycles. The molecule has 0 spiro atoms. The summed E-state index contributed by atoms with van der Waals surface area (Å²) in [5.74, 6) is 0.630. The predicted molar refractivity (Wildman–Crippen MR) is 102 cm³/mol. The van der Waals surface area contributed by atoms with Gasteiger partial charge in [0.2, 0.25) is 0 Å². The summed E-state index contributed by atoms with van der Waals surface area (Å²) in [6, 6.07) is 5.83. The van der Waals surface area contributed by atoms with Crippen molar-refractivity contribution in [3.8, 4) is 0 Å². The Hall–Kier alpha value is -2.47. The van der Waals surface area contributed by atoms with Crippen LogP contribution in [-0.4, -0.2) is 17.7 Å². The first-order chi connectivity index (χ1) is 11.8. The lowest BCUT2D eigenvalue weighted by Gasteiger charge is -2.15. The molecule has 1 amide bonds. The number of hydrogen-bond donors (Lipinski definition) is 3. The predicted octanol–water partition coefficient (Wildman–Crippen LogP) is 4.42. The number of aromatic nitrogens is 1. The van der Waals surface area contributed by atoms with Crippen molar-refractivity contribution in [3.05, 3.63) is 45.5 Å². The van der Waals surface area contributed by atoms with Crippen molar-refractivity contribution < 1.29 is 9.53 Å². The number of carbonyl (C=O) groups is 1. The minimum absolute atomic E-state index is 0.164. The van der Waals surface area contributed by atoms with Gasteiger partial charge in [-0.15, -0.1) is 0 Å². The van der Waals surface area contributed by atoms with Crippen LogP contribution in [0.2, 0.25) is 5.02 Å². The zero-order valence-electron chi connectivity index (χ0n) is 14.9. The van der Waals surface area contributed by atoms with Crippen LogP contribution in [0.15, 0.2) is 18.2 Å². The van der Waals surface area contributed by atoms with E-state index in [1.54, 1.807) is 13.0 Å². The van der Waals surface area contributed by atoms with Gasteiger partial charge in [0.15, 0.2) is 0 Å². The number of pyridine rings is 1. The summed E-state index contributed by atoms with van der Waals surface area (Å²) >= 11 is 6.26. The summed E-state index contributed by atoms with van der Waals surface area (Å²) in [5.41, 5.74) is 11.0. The number of anilines is 3. The summed E-state index contributed by atoms with van der Waals surface area (Å²) in [6.45, 7) is 8.79. The monoisotopic (exact) mass is 362 g/mol. The Morgan fingerprint density at radius 1 is 1.24 bits per heavy atom. The molecule has 2 aromatic rings. The van der Waals surface area contributed by atoms with Crippen molar-refractivity contribution in [1.82, 2.24) is 4.98 Å². The van der Waals surface area contributed by atoms with Crippen LogP contribution in [0.1, 0.15) is 29.2 Å². The van der Waals surface area contributed by atoms with Crippen molar-refractivity contribution in [2.45, 2.75) is 34.2 Å². The first-order valence-corrected chi connectivity index (χ1v) is 8.40. The Bertz CT molecular complexity index is 770. The molecule has 25 heavy (non-hydrogen) atoms. The summed E-state index contributed by atoms with van der Waals surface area (Å²) in [7, 11) is 0. The normalized spacial score (nSPS) is 10.4. The second-order valence-corrected chi connectivity index (χ2v) is 6.24. The van der Waals surface area contributed by atoms with E-state index in [0.29, 0.717) is 23.1 Å². The maximum Gasteiger partial charge on any atom is 0.411 e. The molecule has 6 nitrogen and oxygen atoms in total. The molecule has 0 saturated heterocycles. The molecule has 0 aliphatic heterocycles. The summed E-state index contributed by atoms with van der Waals surface area (Å²) in [5, 5.41) is 6.09. The highest BCUT2D eigenvalue weighted by Crippen LogP contribution is 2.28. The van der Waals surface area contributed by atoms with E-state index in [9.17, 15) is 4.79 Å². The van der Waals surface area contributed by atoms with E-state index in [4.69, 9.17) is 22.1 Å². The number of nitrogen functional groups attached to an aromatic ring is 1. The number of nitrogens with one attached hydrogen (secondary N) is 2. The zero-order chi connectivity index (χ0) is 18.6. The Labute approximate surface area is 152 Å². The fourth-order valence-corrected chi connectivity index (χ4v) is 2.88. The van der Waals surface area contributed by atoms with Gasteiger partial charge in [-0.1, -0.05) is 29.3 Å². The van der Waals surface area contributed by atoms with Crippen LogP contribution >= 0.6 is 11.6 Å². The van der Waals surface area contributed by atoms with Gasteiger partial charge in [0.25, 0.3) is 0 Å². The molecule has 4 N–H and O–H groups in total. The second kappa shape index (κ2) is 8.07. The van der Waals surface area contributed by atoms with Crippen LogP contribution < -0.4 is 16.4 Å². The number of nitrogens with zero attached hydrogens (tertiary/aromatic N) is 1. The first kappa shape index (κ1) is 18.9. The molecule has 1 heterocycles. The minimum atomic E-state index is -0.598. The number of hydrogen-bond acceptors (Lipinski definition) is 5. The summed E-state index contributed by atoms with van der Waals surface area (Å²) in [4.78, 5) is 15.7. The Morgan fingerprint density at radius 2 is 1.88 bits per heavy atom. The molecular formula is C18H23ClN4O2. The third-order valence-electron chi connectivity index (χ3n) is 3.79. The smallest absolute Gasteiger partial charge is 0.411 e. The highest BCUT2D eigenvalue weighted by molar-refractivity contribution is 6.33. The average molecular weight is 363 g/mol. The van der Waals surface area contributed by atoms with E-state index in [1.807, 2.05) is 0 Å². The van der Waals surface area contributed by atoms with Gasteiger partial charge >= 0.3 is 6.09 Å². The molecule has 0 radical (unpaired) electrons. The van der Waals surface area contributed by atoms with Crippen LogP contribution in [0, 0.1) is 20.8 Å². The fourth-order valence-electron chi connectivity index (χ4n) is 2.67. The van der Waals surface area contributed by atoms with E-state index in [-0.39, 0.29) is 12.4 Å². The summed E-state index contributed by atoms with van der Waals surface area (Å²) in [6.07, 6.45) is -0.598. The van der Waals surface area contributed by atoms with Gasteiger partial charge in [-0.05, 0) is 50.5 Å². The zero-order valence-corrected chi connectivity index (χ0v) is 15.6. The van der Waals surface area contributed by atoms with E-state index < -0.39 is 6.09 Å². The molecule has 0 saturated carbocycles. The van der Waals surface area contributed by atoms with Gasteiger partial charge in [-0.3, -0.25) is 5.32 Å². The number of aryl methyl sites for hydroxylation is 3. The van der Waals surface area contributed by atoms with Crippen molar-refractivity contribution in [3.63, 3.8) is 0 Å². The van der Waals surface area contributed by atoms with Gasteiger partial charge in [-0.25, -0.2) is 9.78 Å². The molecule has 0 atom stereocenters. The molecule has 2 rings (SSSR count). The highest BCUT2D eigenvalue weighted by Gasteiger charge is 2.12. The number of nitrogens with two attached hydrogens (primary N) is 1. The molecular weight excluding hydrogens is 340 g/mol. The standard InChI is InChI=1S/C18H23ClN4O2/c1-5-25-18(24)22-15-8-14(19)17(23-16(15)20)21-9-13-11(3)6-10(2)7-12(13)4/h6-8H,5,9H2,1-4H3,(H,22,24)(H3,20,21,23). The van der Waals surface area contributed by atoms with Gasteiger partial charge in [0, 0.05) is 6.54 Å². The van der Waals surface area contributed by atoms with Crippen molar-refractivity contribution in [2.75, 3.05) is 23.0 Å². The molecule has 1 aromatic carbocycles. The Morgan fingerprint density at radius 3 is 2.48 bits per heavy atom. The molecule has 0 fully saturated rings. The molecule has 7 heteroatoms. The van der Waals surface area contributed by atoms with Crippen molar-refractivity contribution in [2.24, 2.45) is 0 Å². The van der Waals surface area contributed by atoms with Crippen LogP contribution in [0.25, 0.3) is 0 Å². The molecule has 0 aliphatic carbocycles. The lowest BCUT2D eigenvalue weighted by Crippen LogP contribution is -2.15. The van der Waals surface area contributed by atoms with Crippen molar-refractivity contribution >= 4 is 35.0 Å². The number of amides is 1. The van der Waals surface area contributed by atoms with Crippen LogP contribution in [-0.2, 0) is 11.3 Å². The van der Waals surface area contributed by atoms with E-state index in [2.05, 4.69) is 48.5 Å². The van der Waals surface area contributed by atoms with Gasteiger partial charge in [-0.2, -0.15) is 0 Å². The first-order valence-electron chi connectivity index (χ1n) is 8.02. The third kappa shape index (κ3) is 4.76. The largest absolute Gasteiger partial charge is 0.450 e. The van der Waals surface area contributed by atoms with E-state index in [0.717, 1.165) is 0 Å². The van der Waals surface area contributed by atoms with E-state index in [1.165, 1.54) is 22.3 Å². The van der Waals surface area contributed by atoms with Crippen LogP contribution in [0.3, 0.4) is 0 Å². The lowest BCUT2D eigenvalue weighted by atomic mass is 10.00. The number of halogens is 1. The topological polar surface area (TPSA) is 89.3 Å². The van der Waals surface area contributed by atoms with E-state index >= 15 is 0 Å². The van der Waals surface area contributed by atoms with Crippen LogP contribution in [0.5, 0.6) is 0 Å². The quantitative estimate of drug-likeness (QED) is 0.732. The minimum Gasteiger partial charge on any atom is -0.450 e. The number of ether oxygens (including phenoxy) is 1. The number of benzene rings is 1. The van der Waals surface area contributed by atoms with Gasteiger partial charge < -0.3 is 15.8 Å².